The maximum Gasteiger partial charge on any atom is 0.314 e. The number of rotatable bonds is 10. The monoisotopic (exact) mass is 572 g/mol. The number of unbranched alkanes of at least 4 members (excludes halogenated alkanes) is 1. The van der Waals surface area contributed by atoms with Gasteiger partial charge in [-0.25, -0.2) is 0 Å². The van der Waals surface area contributed by atoms with Crippen LogP contribution < -0.4 is 4.74 Å². The molecule has 1 N–H and O–H groups in total. The average molecular weight is 573 g/mol. The Kier molecular flexibility index (Phi) is 9.71. The van der Waals surface area contributed by atoms with Crippen molar-refractivity contribution >= 4 is 41.1 Å². The first-order valence-corrected chi connectivity index (χ1v) is 14.9. The Hall–Kier alpha value is -3.55. The zero-order valence-corrected chi connectivity index (χ0v) is 24.7. The molecule has 1 aliphatic carbocycles. The lowest BCUT2D eigenvalue weighted by molar-refractivity contribution is -0.138. The zero-order valence-electron chi connectivity index (χ0n) is 23.0. The number of ether oxygens (including phenoxy) is 1. The molecule has 0 fully saturated rings. The highest BCUT2D eigenvalue weighted by atomic mass is 32.2. The summed E-state index contributed by atoms with van der Waals surface area (Å²) in [5.74, 6) is -0.0978. The Bertz CT molecular complexity index is 1500. The number of thioether (sulfide) groups is 1. The average Bonchev–Trinajstić information content (AvgIpc) is 2.94. The molecule has 0 aromatic heterocycles. The van der Waals surface area contributed by atoms with Crippen molar-refractivity contribution in [2.24, 2.45) is 5.92 Å². The van der Waals surface area contributed by atoms with Crippen LogP contribution in [-0.2, 0) is 4.79 Å². The molecule has 0 heterocycles. The summed E-state index contributed by atoms with van der Waals surface area (Å²) < 4.78 is 5.54. The highest BCUT2D eigenvalue weighted by Crippen LogP contribution is 2.41. The fourth-order valence-electron chi connectivity index (χ4n) is 4.34. The molecule has 5 nitrogen and oxygen atoms in total. The number of ketones is 2. The second-order valence-electron chi connectivity index (χ2n) is 9.74. The molecule has 0 spiro atoms. The molecular formula is C33H32O5S2. The van der Waals surface area contributed by atoms with Crippen molar-refractivity contribution in [3.05, 3.63) is 106 Å². The van der Waals surface area contributed by atoms with Gasteiger partial charge in [-0.1, -0.05) is 74.5 Å². The quantitative estimate of drug-likeness (QED) is 0.0668. The number of hydrogen-bond donors (Lipinski definition) is 1. The smallest absolute Gasteiger partial charge is 0.314 e. The van der Waals surface area contributed by atoms with Gasteiger partial charge in [0.2, 0.25) is 0 Å². The Labute approximate surface area is 243 Å². The van der Waals surface area contributed by atoms with E-state index in [4.69, 9.17) is 4.74 Å². The van der Waals surface area contributed by atoms with Crippen molar-refractivity contribution in [1.82, 2.24) is 0 Å². The largest absolute Gasteiger partial charge is 0.513 e. The van der Waals surface area contributed by atoms with Crippen LogP contribution in [0.25, 0.3) is 0 Å². The number of carbonyl (C=O) groups is 3. The second-order valence-corrected chi connectivity index (χ2v) is 12.1. The van der Waals surface area contributed by atoms with Gasteiger partial charge in [0.15, 0.2) is 11.6 Å². The lowest BCUT2D eigenvalue weighted by Crippen LogP contribution is -2.22. The van der Waals surface area contributed by atoms with E-state index in [2.05, 4.69) is 6.92 Å². The van der Waals surface area contributed by atoms with Gasteiger partial charge < -0.3 is 9.84 Å². The highest BCUT2D eigenvalue weighted by Gasteiger charge is 2.33. The van der Waals surface area contributed by atoms with E-state index < -0.39 is 0 Å². The molecule has 1 aliphatic rings. The summed E-state index contributed by atoms with van der Waals surface area (Å²) in [6, 6.07) is 17.9. The minimum absolute atomic E-state index is 0.156. The van der Waals surface area contributed by atoms with Crippen molar-refractivity contribution < 1.29 is 24.2 Å². The molecule has 3 aromatic rings. The molecule has 1 atom stereocenters. The van der Waals surface area contributed by atoms with E-state index in [0.717, 1.165) is 29.1 Å². The minimum Gasteiger partial charge on any atom is -0.513 e. The molecule has 4 rings (SSSR count). The molecule has 0 aliphatic heterocycles. The van der Waals surface area contributed by atoms with Crippen LogP contribution in [0.3, 0.4) is 0 Å². The van der Waals surface area contributed by atoms with Crippen LogP contribution in [-0.4, -0.2) is 22.6 Å². The molecule has 0 saturated heterocycles. The van der Waals surface area contributed by atoms with E-state index in [1.807, 2.05) is 38.1 Å². The van der Waals surface area contributed by atoms with Crippen molar-refractivity contribution in [3.63, 3.8) is 0 Å². The summed E-state index contributed by atoms with van der Waals surface area (Å²) in [5.41, 5.74) is 1.58. The highest BCUT2D eigenvalue weighted by molar-refractivity contribution is 8.03. The summed E-state index contributed by atoms with van der Waals surface area (Å²) in [6.45, 7) is 7.45. The number of carbonyl (C=O) groups excluding carboxylic acids is 3. The van der Waals surface area contributed by atoms with Crippen molar-refractivity contribution in [2.75, 3.05) is 0 Å². The Morgan fingerprint density at radius 1 is 0.900 bits per heavy atom. The summed E-state index contributed by atoms with van der Waals surface area (Å²) >= 11 is 2.78. The molecule has 0 amide bonds. The van der Waals surface area contributed by atoms with E-state index in [9.17, 15) is 19.5 Å². The van der Waals surface area contributed by atoms with Crippen LogP contribution in [0.2, 0.25) is 0 Å². The number of benzene rings is 3. The summed E-state index contributed by atoms with van der Waals surface area (Å²) in [5, 5.41) is 9.46. The Balaban J connectivity index is 1.57. The van der Waals surface area contributed by atoms with Gasteiger partial charge in [-0.05, 0) is 73.7 Å². The van der Waals surface area contributed by atoms with Crippen LogP contribution in [0, 0.1) is 5.92 Å². The standard InChI is InChI=1S/C33H32O5S2/c1-5-6-9-20(2)33(37)38-23-16-18-24(19-17-23)40-28-13-8-11-26-30(28)32(36)25-10-7-12-27(29(25)31(26)35)39-22(4)15-14-21(3)34/h7-8,10-20,34H,5-6,9H2,1-4H3/b21-14+,22-15+. The molecule has 0 radical (unpaired) electrons. The van der Waals surface area contributed by atoms with Gasteiger partial charge in [0.05, 0.1) is 11.7 Å². The molecule has 7 heteroatoms. The van der Waals surface area contributed by atoms with Crippen molar-refractivity contribution in [2.45, 2.75) is 61.6 Å². The normalized spacial score (nSPS) is 14.0. The van der Waals surface area contributed by atoms with Gasteiger partial charge in [0, 0.05) is 36.9 Å². The minimum atomic E-state index is -0.239. The van der Waals surface area contributed by atoms with Crippen LogP contribution in [0.4, 0.5) is 0 Å². The van der Waals surface area contributed by atoms with E-state index in [-0.39, 0.29) is 29.2 Å². The van der Waals surface area contributed by atoms with Gasteiger partial charge in [-0.3, -0.25) is 14.4 Å². The Morgan fingerprint density at radius 2 is 1.50 bits per heavy atom. The van der Waals surface area contributed by atoms with E-state index in [1.54, 1.807) is 55.5 Å². The fraction of sp³-hybridized carbons (Fsp3) is 0.242. The first-order valence-electron chi connectivity index (χ1n) is 13.3. The number of esters is 1. The van der Waals surface area contributed by atoms with Gasteiger partial charge in [0.1, 0.15) is 5.75 Å². The van der Waals surface area contributed by atoms with Gasteiger partial charge in [-0.15, -0.1) is 0 Å². The topological polar surface area (TPSA) is 80.7 Å². The van der Waals surface area contributed by atoms with Crippen LogP contribution >= 0.6 is 23.5 Å². The SMILES string of the molecule is CCCCC(C)C(=O)Oc1ccc(Sc2cccc3c2C(=O)c2cccc(S/C(C)=C/C=C(\C)O)c2C3=O)cc1. The zero-order chi connectivity index (χ0) is 28.8. The van der Waals surface area contributed by atoms with E-state index in [1.165, 1.54) is 23.5 Å². The maximum absolute atomic E-state index is 13.7. The fourth-order valence-corrected chi connectivity index (χ4v) is 6.25. The summed E-state index contributed by atoms with van der Waals surface area (Å²) in [7, 11) is 0. The van der Waals surface area contributed by atoms with Crippen LogP contribution in [0.15, 0.2) is 98.2 Å². The van der Waals surface area contributed by atoms with Crippen LogP contribution in [0.5, 0.6) is 5.75 Å². The summed E-state index contributed by atoms with van der Waals surface area (Å²) in [6.07, 6.45) is 6.18. The number of allylic oxidation sites excluding steroid dienone is 4. The Morgan fingerprint density at radius 3 is 2.10 bits per heavy atom. The lowest BCUT2D eigenvalue weighted by Gasteiger charge is -2.22. The molecule has 206 valence electrons. The van der Waals surface area contributed by atoms with Gasteiger partial charge in [-0.2, -0.15) is 0 Å². The molecule has 40 heavy (non-hydrogen) atoms. The molecular weight excluding hydrogens is 540 g/mol. The van der Waals surface area contributed by atoms with Crippen molar-refractivity contribution in [1.29, 1.82) is 0 Å². The predicted octanol–water partition coefficient (Wildman–Crippen LogP) is 8.80. The van der Waals surface area contributed by atoms with Crippen LogP contribution in [0.1, 0.15) is 78.8 Å². The first-order chi connectivity index (χ1) is 19.2. The summed E-state index contributed by atoms with van der Waals surface area (Å²) in [4.78, 5) is 42.9. The lowest BCUT2D eigenvalue weighted by atomic mass is 9.84. The third-order valence-electron chi connectivity index (χ3n) is 6.49. The number of aliphatic hydroxyl groups is 1. The van der Waals surface area contributed by atoms with E-state index in [0.29, 0.717) is 37.8 Å². The molecule has 0 saturated carbocycles. The van der Waals surface area contributed by atoms with E-state index >= 15 is 0 Å². The number of hydrogen-bond acceptors (Lipinski definition) is 7. The maximum atomic E-state index is 13.7. The van der Waals surface area contributed by atoms with Crippen molar-refractivity contribution in [3.8, 4) is 5.75 Å². The molecule has 3 aromatic carbocycles. The number of fused-ring (bicyclic) bond motifs is 2. The molecule has 0 bridgehead atoms. The third-order valence-corrected chi connectivity index (χ3v) is 8.58. The van der Waals surface area contributed by atoms with Gasteiger partial charge >= 0.3 is 5.97 Å². The molecule has 1 unspecified atom stereocenters. The second kappa shape index (κ2) is 13.2. The number of aliphatic hydroxyl groups excluding tert-OH is 1. The van der Waals surface area contributed by atoms with Gasteiger partial charge in [0.25, 0.3) is 0 Å². The predicted molar refractivity (Wildman–Crippen MR) is 161 cm³/mol. The first kappa shape index (κ1) is 29.4. The third kappa shape index (κ3) is 6.77.